The first-order valence-corrected chi connectivity index (χ1v) is 8.58. The molecule has 0 spiro atoms. The van der Waals surface area contributed by atoms with Crippen LogP contribution < -0.4 is 15.0 Å². The van der Waals surface area contributed by atoms with Crippen molar-refractivity contribution in [2.45, 2.75) is 19.5 Å². The molecule has 1 atom stereocenters. The lowest BCUT2D eigenvalue weighted by Gasteiger charge is -2.33. The maximum atomic E-state index is 13.1. The number of carbonyl (C=O) groups excluding carboxylic acids is 2. The smallest absolute Gasteiger partial charge is 0.265 e. The maximum Gasteiger partial charge on any atom is 0.265 e. The minimum Gasteiger partial charge on any atom is -0.482 e. The number of anilines is 1. The van der Waals surface area contributed by atoms with E-state index in [1.54, 1.807) is 25.1 Å². The Morgan fingerprint density at radius 1 is 1.31 bits per heavy atom. The molecule has 26 heavy (non-hydrogen) atoms. The van der Waals surface area contributed by atoms with Crippen LogP contribution in [0.1, 0.15) is 12.5 Å². The van der Waals surface area contributed by atoms with E-state index in [2.05, 4.69) is 5.32 Å². The summed E-state index contributed by atoms with van der Waals surface area (Å²) in [7, 11) is 0. The number of amides is 2. The van der Waals surface area contributed by atoms with Crippen LogP contribution in [0.3, 0.4) is 0 Å². The zero-order valence-electron chi connectivity index (χ0n) is 13.8. The molecule has 1 unspecified atom stereocenters. The molecule has 0 saturated carbocycles. The number of hydrogen-bond donors (Lipinski definition) is 1. The third-order valence-corrected chi connectivity index (χ3v) is 4.62. The number of halogens is 3. The highest BCUT2D eigenvalue weighted by atomic mass is 35.5. The van der Waals surface area contributed by atoms with Gasteiger partial charge < -0.3 is 10.1 Å². The van der Waals surface area contributed by atoms with Crippen molar-refractivity contribution in [3.63, 3.8) is 0 Å². The highest BCUT2D eigenvalue weighted by molar-refractivity contribution is 6.31. The minimum atomic E-state index is -0.789. The molecule has 1 aliphatic heterocycles. The summed E-state index contributed by atoms with van der Waals surface area (Å²) in [5, 5.41) is 3.36. The van der Waals surface area contributed by atoms with E-state index >= 15 is 0 Å². The molecule has 0 radical (unpaired) electrons. The van der Waals surface area contributed by atoms with E-state index in [0.717, 1.165) is 0 Å². The number of rotatable bonds is 4. The minimum absolute atomic E-state index is 0.114. The fraction of sp³-hybridized carbons (Fsp3) is 0.222. The molecule has 136 valence electrons. The molecule has 0 bridgehead atoms. The Hall–Kier alpha value is -2.31. The molecule has 0 aromatic heterocycles. The zero-order chi connectivity index (χ0) is 18.8. The Morgan fingerprint density at radius 3 is 2.81 bits per heavy atom. The predicted octanol–water partition coefficient (Wildman–Crippen LogP) is 3.56. The largest absolute Gasteiger partial charge is 0.482 e. The first kappa shape index (κ1) is 18.5. The number of nitrogens with one attached hydrogen (secondary N) is 1. The van der Waals surface area contributed by atoms with Crippen molar-refractivity contribution in [3.8, 4) is 5.75 Å². The van der Waals surface area contributed by atoms with Crippen molar-refractivity contribution in [3.05, 3.63) is 57.8 Å². The van der Waals surface area contributed by atoms with Crippen molar-refractivity contribution in [2.75, 3.05) is 11.5 Å². The normalized spacial score (nSPS) is 14.5. The van der Waals surface area contributed by atoms with Gasteiger partial charge in [-0.3, -0.25) is 14.5 Å². The molecule has 1 N–H and O–H groups in total. The van der Waals surface area contributed by atoms with Crippen molar-refractivity contribution >= 4 is 40.7 Å². The molecule has 1 aliphatic rings. The molecule has 3 rings (SSSR count). The predicted molar refractivity (Wildman–Crippen MR) is 97.2 cm³/mol. The number of nitrogens with zero attached hydrogens (tertiary/aromatic N) is 1. The van der Waals surface area contributed by atoms with Crippen molar-refractivity contribution < 1.29 is 18.7 Å². The monoisotopic (exact) mass is 396 g/mol. The topological polar surface area (TPSA) is 58.6 Å². The first-order chi connectivity index (χ1) is 12.4. The molecule has 2 aromatic carbocycles. The molecule has 5 nitrogen and oxygen atoms in total. The summed E-state index contributed by atoms with van der Waals surface area (Å²) in [5.74, 6) is -0.699. The second-order valence-electron chi connectivity index (χ2n) is 5.79. The van der Waals surface area contributed by atoms with Crippen molar-refractivity contribution in [2.24, 2.45) is 0 Å². The van der Waals surface area contributed by atoms with Gasteiger partial charge in [-0.15, -0.1) is 0 Å². The average Bonchev–Trinajstić information content (AvgIpc) is 2.60. The van der Waals surface area contributed by atoms with Crippen LogP contribution in [-0.2, 0) is 16.1 Å². The van der Waals surface area contributed by atoms with E-state index < -0.39 is 11.9 Å². The Kier molecular flexibility index (Phi) is 5.34. The van der Waals surface area contributed by atoms with Gasteiger partial charge >= 0.3 is 0 Å². The lowest BCUT2D eigenvalue weighted by Crippen LogP contribution is -2.51. The van der Waals surface area contributed by atoms with Crippen LogP contribution in [0.15, 0.2) is 36.4 Å². The summed E-state index contributed by atoms with van der Waals surface area (Å²) in [6.07, 6.45) is 0. The maximum absolute atomic E-state index is 13.1. The average molecular weight is 397 g/mol. The van der Waals surface area contributed by atoms with Crippen LogP contribution in [0.2, 0.25) is 10.0 Å². The van der Waals surface area contributed by atoms with Gasteiger partial charge in [0.1, 0.15) is 17.6 Å². The van der Waals surface area contributed by atoms with Gasteiger partial charge in [0, 0.05) is 16.6 Å². The van der Waals surface area contributed by atoms with E-state index in [1.807, 2.05) is 0 Å². The van der Waals surface area contributed by atoms with E-state index in [9.17, 15) is 14.0 Å². The molecule has 1 heterocycles. The van der Waals surface area contributed by atoms with Gasteiger partial charge in [-0.25, -0.2) is 4.39 Å². The summed E-state index contributed by atoms with van der Waals surface area (Å²) < 4.78 is 18.5. The van der Waals surface area contributed by atoms with Crippen LogP contribution in [0.5, 0.6) is 5.75 Å². The summed E-state index contributed by atoms with van der Waals surface area (Å²) in [6, 6.07) is 8.03. The molecule has 2 aromatic rings. The second-order valence-corrected chi connectivity index (χ2v) is 6.64. The SMILES string of the molecule is CC(C(=O)NCc1ccc(F)cc1Cl)N1C(=O)COc2ccc(Cl)cc21. The highest BCUT2D eigenvalue weighted by Crippen LogP contribution is 2.35. The van der Waals surface area contributed by atoms with Gasteiger partial charge in [0.05, 0.1) is 5.69 Å². The fourth-order valence-electron chi connectivity index (χ4n) is 2.68. The Bertz CT molecular complexity index is 876. The molecule has 0 aliphatic carbocycles. The van der Waals surface area contributed by atoms with Crippen LogP contribution >= 0.6 is 23.2 Å². The second kappa shape index (κ2) is 7.51. The summed E-state index contributed by atoms with van der Waals surface area (Å²) in [4.78, 5) is 26.2. The van der Waals surface area contributed by atoms with Gasteiger partial charge in [0.25, 0.3) is 5.91 Å². The number of ether oxygens (including phenoxy) is 1. The van der Waals surface area contributed by atoms with Gasteiger partial charge in [-0.1, -0.05) is 29.3 Å². The van der Waals surface area contributed by atoms with Gasteiger partial charge in [0.2, 0.25) is 5.91 Å². The summed E-state index contributed by atoms with van der Waals surface area (Å²) in [6.45, 7) is 1.56. The van der Waals surface area contributed by atoms with Crippen LogP contribution in [0.25, 0.3) is 0 Å². The standard InChI is InChI=1S/C18H15Cl2FN2O3/c1-10(18(25)22-8-11-2-4-13(21)7-14(11)20)23-15-6-12(19)3-5-16(15)26-9-17(23)24/h2-7,10H,8-9H2,1H3,(H,22,25). The van der Waals surface area contributed by atoms with Crippen LogP contribution in [0, 0.1) is 5.82 Å². The van der Waals surface area contributed by atoms with Gasteiger partial charge in [-0.05, 0) is 42.8 Å². The Morgan fingerprint density at radius 2 is 2.08 bits per heavy atom. The van der Waals surface area contributed by atoms with Crippen LogP contribution in [0.4, 0.5) is 10.1 Å². The molecule has 8 heteroatoms. The number of benzene rings is 2. The summed E-state index contributed by atoms with van der Waals surface area (Å²) >= 11 is 12.0. The number of carbonyl (C=O) groups is 2. The molecule has 0 saturated heterocycles. The highest BCUT2D eigenvalue weighted by Gasteiger charge is 2.33. The lowest BCUT2D eigenvalue weighted by atomic mass is 10.1. The third kappa shape index (κ3) is 3.76. The fourth-order valence-corrected chi connectivity index (χ4v) is 3.08. The van der Waals surface area contributed by atoms with Gasteiger partial charge in [-0.2, -0.15) is 0 Å². The lowest BCUT2D eigenvalue weighted by molar-refractivity contribution is -0.127. The summed E-state index contributed by atoms with van der Waals surface area (Å²) in [5.41, 5.74) is 1.02. The molecular weight excluding hydrogens is 382 g/mol. The first-order valence-electron chi connectivity index (χ1n) is 7.83. The number of hydrogen-bond acceptors (Lipinski definition) is 3. The third-order valence-electron chi connectivity index (χ3n) is 4.04. The molecule has 2 amide bonds. The van der Waals surface area contributed by atoms with Gasteiger partial charge in [0.15, 0.2) is 6.61 Å². The van der Waals surface area contributed by atoms with Crippen molar-refractivity contribution in [1.82, 2.24) is 5.32 Å². The van der Waals surface area contributed by atoms with E-state index in [4.69, 9.17) is 27.9 Å². The Labute approximate surface area is 159 Å². The molecular formula is C18H15Cl2FN2O3. The van der Waals surface area contributed by atoms with Crippen LogP contribution in [-0.4, -0.2) is 24.5 Å². The van der Waals surface area contributed by atoms with E-state index in [0.29, 0.717) is 22.0 Å². The zero-order valence-corrected chi connectivity index (χ0v) is 15.3. The Balaban J connectivity index is 1.76. The van der Waals surface area contributed by atoms with E-state index in [1.165, 1.54) is 23.1 Å². The molecule has 0 fully saturated rings. The quantitative estimate of drug-likeness (QED) is 0.859. The van der Waals surface area contributed by atoms with Crippen molar-refractivity contribution in [1.29, 1.82) is 0 Å². The number of fused-ring (bicyclic) bond motifs is 1. The van der Waals surface area contributed by atoms with E-state index in [-0.39, 0.29) is 30.0 Å².